The number of hydrogen-bond acceptors (Lipinski definition) is 4. The standard InChI is InChI=1S/C27H18FNO3/c28-21-13-10-18(11-14-21)17-31-25-15-12-19-6-4-5-9-22(19)23(25)16-24-26(29-32-27(24)30)20-7-2-1-3-8-20/h1-16H,17H2/b24-16-. The van der Waals surface area contributed by atoms with E-state index in [-0.39, 0.29) is 12.4 Å². The van der Waals surface area contributed by atoms with Crippen LogP contribution in [0.5, 0.6) is 5.75 Å². The second-order valence-electron chi connectivity index (χ2n) is 7.36. The first-order valence-corrected chi connectivity index (χ1v) is 10.1. The molecule has 5 rings (SSSR count). The quantitative estimate of drug-likeness (QED) is 0.296. The van der Waals surface area contributed by atoms with Crippen molar-refractivity contribution in [2.24, 2.45) is 5.16 Å². The minimum atomic E-state index is -0.513. The first-order chi connectivity index (χ1) is 15.7. The zero-order chi connectivity index (χ0) is 21.9. The lowest BCUT2D eigenvalue weighted by atomic mass is 9.97. The fourth-order valence-electron chi connectivity index (χ4n) is 3.65. The van der Waals surface area contributed by atoms with Crippen LogP contribution < -0.4 is 4.74 Å². The van der Waals surface area contributed by atoms with Crippen LogP contribution in [0.4, 0.5) is 4.39 Å². The summed E-state index contributed by atoms with van der Waals surface area (Å²) < 4.78 is 19.3. The first kappa shape index (κ1) is 19.7. The molecule has 156 valence electrons. The van der Waals surface area contributed by atoms with Gasteiger partial charge in [0.1, 0.15) is 23.9 Å². The Hall–Kier alpha value is -4.25. The number of rotatable bonds is 5. The predicted octanol–water partition coefficient (Wildman–Crippen LogP) is 5.90. The molecule has 0 atom stereocenters. The number of carbonyl (C=O) groups excluding carboxylic acids is 1. The Bertz CT molecular complexity index is 1360. The van der Waals surface area contributed by atoms with Gasteiger partial charge in [0.2, 0.25) is 0 Å². The maximum atomic E-state index is 13.2. The fourth-order valence-corrected chi connectivity index (χ4v) is 3.65. The van der Waals surface area contributed by atoms with Gasteiger partial charge < -0.3 is 9.57 Å². The lowest BCUT2D eigenvalue weighted by Gasteiger charge is -2.13. The molecule has 32 heavy (non-hydrogen) atoms. The molecule has 0 N–H and O–H groups in total. The molecule has 0 unspecified atom stereocenters. The summed E-state index contributed by atoms with van der Waals surface area (Å²) in [5.41, 5.74) is 3.22. The third kappa shape index (κ3) is 3.88. The van der Waals surface area contributed by atoms with Crippen LogP contribution in [0.15, 0.2) is 102 Å². The van der Waals surface area contributed by atoms with Crippen LogP contribution in [0.2, 0.25) is 0 Å². The van der Waals surface area contributed by atoms with E-state index >= 15 is 0 Å². The Balaban J connectivity index is 1.58. The van der Waals surface area contributed by atoms with E-state index in [4.69, 9.17) is 9.57 Å². The number of fused-ring (bicyclic) bond motifs is 1. The molecule has 5 heteroatoms. The molecule has 0 aliphatic carbocycles. The van der Waals surface area contributed by atoms with E-state index in [1.54, 1.807) is 18.2 Å². The van der Waals surface area contributed by atoms with Crippen LogP contribution in [0, 0.1) is 5.82 Å². The Labute approximate surface area is 184 Å². The van der Waals surface area contributed by atoms with Gasteiger partial charge in [-0.15, -0.1) is 0 Å². The summed E-state index contributed by atoms with van der Waals surface area (Å²) in [4.78, 5) is 17.5. The van der Waals surface area contributed by atoms with Crippen LogP contribution in [0.1, 0.15) is 16.7 Å². The van der Waals surface area contributed by atoms with Crippen molar-refractivity contribution >= 4 is 28.5 Å². The third-order valence-corrected chi connectivity index (χ3v) is 5.27. The van der Waals surface area contributed by atoms with Gasteiger partial charge in [-0.05, 0) is 40.6 Å². The van der Waals surface area contributed by atoms with Crippen LogP contribution in [0.3, 0.4) is 0 Å². The molecule has 0 amide bonds. The fraction of sp³-hybridized carbons (Fsp3) is 0.0370. The van der Waals surface area contributed by atoms with E-state index in [1.165, 1.54) is 12.1 Å². The Kier molecular flexibility index (Phi) is 5.22. The lowest BCUT2D eigenvalue weighted by Crippen LogP contribution is -2.07. The highest BCUT2D eigenvalue weighted by molar-refractivity contribution is 6.31. The van der Waals surface area contributed by atoms with Crippen molar-refractivity contribution in [3.63, 3.8) is 0 Å². The van der Waals surface area contributed by atoms with E-state index in [2.05, 4.69) is 5.16 Å². The molecule has 0 saturated heterocycles. The third-order valence-electron chi connectivity index (χ3n) is 5.27. The topological polar surface area (TPSA) is 47.9 Å². The summed E-state index contributed by atoms with van der Waals surface area (Å²) >= 11 is 0. The van der Waals surface area contributed by atoms with Gasteiger partial charge >= 0.3 is 5.97 Å². The van der Waals surface area contributed by atoms with E-state index in [0.717, 1.165) is 27.5 Å². The van der Waals surface area contributed by atoms with Gasteiger partial charge in [0, 0.05) is 11.1 Å². The highest BCUT2D eigenvalue weighted by Crippen LogP contribution is 2.32. The van der Waals surface area contributed by atoms with Gasteiger partial charge in [0.15, 0.2) is 0 Å². The molecular formula is C27H18FNO3. The van der Waals surface area contributed by atoms with Crippen molar-refractivity contribution in [1.82, 2.24) is 0 Å². The van der Waals surface area contributed by atoms with Crippen LogP contribution in [0.25, 0.3) is 16.8 Å². The normalized spacial score (nSPS) is 14.5. The largest absolute Gasteiger partial charge is 0.488 e. The summed E-state index contributed by atoms with van der Waals surface area (Å²) in [6, 6.07) is 27.3. The van der Waals surface area contributed by atoms with E-state index < -0.39 is 5.97 Å². The molecule has 4 aromatic carbocycles. The van der Waals surface area contributed by atoms with Crippen molar-refractivity contribution < 1.29 is 18.8 Å². The van der Waals surface area contributed by atoms with E-state index in [1.807, 2.05) is 66.7 Å². The van der Waals surface area contributed by atoms with Crippen molar-refractivity contribution in [2.45, 2.75) is 6.61 Å². The number of ether oxygens (including phenoxy) is 1. The summed E-state index contributed by atoms with van der Waals surface area (Å²) in [5, 5.41) is 5.94. The Morgan fingerprint density at radius 1 is 0.875 bits per heavy atom. The number of benzene rings is 4. The number of nitrogens with zero attached hydrogens (tertiary/aromatic N) is 1. The smallest absolute Gasteiger partial charge is 0.368 e. The van der Waals surface area contributed by atoms with Crippen LogP contribution in [-0.4, -0.2) is 11.7 Å². The SMILES string of the molecule is O=C1ON=C(c2ccccc2)/C1=C/c1c(OCc2ccc(F)cc2)ccc2ccccc12. The maximum absolute atomic E-state index is 13.2. The van der Waals surface area contributed by atoms with Gasteiger partial charge in [-0.1, -0.05) is 78.0 Å². The molecule has 0 aromatic heterocycles. The molecule has 0 spiro atoms. The molecule has 4 nitrogen and oxygen atoms in total. The van der Waals surface area contributed by atoms with Crippen molar-refractivity contribution in [3.8, 4) is 5.75 Å². The minimum Gasteiger partial charge on any atom is -0.488 e. The van der Waals surface area contributed by atoms with E-state index in [0.29, 0.717) is 17.0 Å². The number of hydrogen-bond donors (Lipinski definition) is 0. The van der Waals surface area contributed by atoms with E-state index in [9.17, 15) is 9.18 Å². The molecule has 0 radical (unpaired) electrons. The average molecular weight is 423 g/mol. The monoisotopic (exact) mass is 423 g/mol. The lowest BCUT2D eigenvalue weighted by molar-refractivity contribution is -0.136. The molecule has 0 saturated carbocycles. The number of oxime groups is 1. The predicted molar refractivity (Wildman–Crippen MR) is 122 cm³/mol. The van der Waals surface area contributed by atoms with Gasteiger partial charge in [0.25, 0.3) is 0 Å². The highest BCUT2D eigenvalue weighted by Gasteiger charge is 2.27. The second-order valence-corrected chi connectivity index (χ2v) is 7.36. The zero-order valence-electron chi connectivity index (χ0n) is 17.0. The molecule has 1 aliphatic rings. The molecule has 1 aliphatic heterocycles. The Morgan fingerprint density at radius 2 is 1.62 bits per heavy atom. The van der Waals surface area contributed by atoms with Gasteiger partial charge in [-0.25, -0.2) is 9.18 Å². The summed E-state index contributed by atoms with van der Waals surface area (Å²) in [7, 11) is 0. The van der Waals surface area contributed by atoms with Crippen molar-refractivity contribution in [2.75, 3.05) is 0 Å². The second kappa shape index (κ2) is 8.47. The zero-order valence-corrected chi connectivity index (χ0v) is 17.0. The van der Waals surface area contributed by atoms with Crippen molar-refractivity contribution in [3.05, 3.63) is 119 Å². The number of halogens is 1. The summed E-state index contributed by atoms with van der Waals surface area (Å²) in [6.45, 7) is 0.263. The molecule has 1 heterocycles. The van der Waals surface area contributed by atoms with Gasteiger partial charge in [0.05, 0.1) is 5.57 Å². The van der Waals surface area contributed by atoms with Crippen LogP contribution >= 0.6 is 0 Å². The summed E-state index contributed by atoms with van der Waals surface area (Å²) in [6.07, 6.45) is 1.77. The van der Waals surface area contributed by atoms with Crippen molar-refractivity contribution in [1.29, 1.82) is 0 Å². The van der Waals surface area contributed by atoms with Gasteiger partial charge in [-0.3, -0.25) is 0 Å². The van der Waals surface area contributed by atoms with Crippen LogP contribution in [-0.2, 0) is 16.2 Å². The molecular weight excluding hydrogens is 405 g/mol. The average Bonchev–Trinajstić information content (AvgIpc) is 3.20. The Morgan fingerprint density at radius 3 is 2.44 bits per heavy atom. The maximum Gasteiger partial charge on any atom is 0.368 e. The first-order valence-electron chi connectivity index (χ1n) is 10.1. The minimum absolute atomic E-state index is 0.263. The molecule has 4 aromatic rings. The highest BCUT2D eigenvalue weighted by atomic mass is 19.1. The molecule has 0 fully saturated rings. The number of carbonyl (C=O) groups is 1. The van der Waals surface area contributed by atoms with Gasteiger partial charge in [-0.2, -0.15) is 0 Å². The molecule has 0 bridgehead atoms. The summed E-state index contributed by atoms with van der Waals surface area (Å²) in [5.74, 6) is -0.203.